The molecule has 1 amide bonds. The highest BCUT2D eigenvalue weighted by atomic mass is 19.1. The van der Waals surface area contributed by atoms with Crippen LogP contribution in [0.3, 0.4) is 0 Å². The molecule has 118 valence electrons. The van der Waals surface area contributed by atoms with Gasteiger partial charge in [0.25, 0.3) is 0 Å². The lowest BCUT2D eigenvalue weighted by Crippen LogP contribution is -2.47. The predicted octanol–water partition coefficient (Wildman–Crippen LogP) is 1.81. The molecule has 1 aromatic carbocycles. The number of carbonyl (C=O) groups is 1. The van der Waals surface area contributed by atoms with Crippen LogP contribution in [0.25, 0.3) is 0 Å². The summed E-state index contributed by atoms with van der Waals surface area (Å²) in [5, 5.41) is 0. The molecule has 0 aliphatic carbocycles. The molecule has 0 radical (unpaired) electrons. The van der Waals surface area contributed by atoms with E-state index >= 15 is 0 Å². The third-order valence-corrected chi connectivity index (χ3v) is 5.25. The van der Waals surface area contributed by atoms with E-state index in [4.69, 9.17) is 4.74 Å². The summed E-state index contributed by atoms with van der Waals surface area (Å²) in [5.74, 6) is -0.940. The predicted molar refractivity (Wildman–Crippen MR) is 74.9 cm³/mol. The molecule has 3 heterocycles. The number of aryl methyl sites for hydroxylation is 1. The Morgan fingerprint density at radius 1 is 1.36 bits per heavy atom. The molecule has 1 spiro atoms. The fourth-order valence-corrected chi connectivity index (χ4v) is 4.13. The van der Waals surface area contributed by atoms with Crippen molar-refractivity contribution >= 4 is 5.91 Å². The van der Waals surface area contributed by atoms with Crippen molar-refractivity contribution in [1.82, 2.24) is 9.80 Å². The molecule has 3 fully saturated rings. The van der Waals surface area contributed by atoms with Gasteiger partial charge in [-0.3, -0.25) is 9.69 Å². The van der Waals surface area contributed by atoms with Gasteiger partial charge in [0.15, 0.2) is 5.72 Å². The Labute approximate surface area is 127 Å². The van der Waals surface area contributed by atoms with Crippen LogP contribution in [0.5, 0.6) is 0 Å². The molecule has 2 atom stereocenters. The first kappa shape index (κ1) is 14.1. The summed E-state index contributed by atoms with van der Waals surface area (Å²) in [6, 6.07) is 2.64. The Hall–Kier alpha value is -1.53. The van der Waals surface area contributed by atoms with Crippen LogP contribution in [-0.4, -0.2) is 47.2 Å². The quantitative estimate of drug-likeness (QED) is 0.835. The maximum absolute atomic E-state index is 14.2. The van der Waals surface area contributed by atoms with Gasteiger partial charge in [0.05, 0.1) is 12.6 Å². The minimum atomic E-state index is -0.562. The van der Waals surface area contributed by atoms with Gasteiger partial charge in [0.1, 0.15) is 11.6 Å². The van der Waals surface area contributed by atoms with Crippen LogP contribution >= 0.6 is 0 Å². The molecule has 3 saturated heterocycles. The van der Waals surface area contributed by atoms with Crippen molar-refractivity contribution in [3.8, 4) is 0 Å². The second kappa shape index (κ2) is 4.73. The van der Waals surface area contributed by atoms with Crippen molar-refractivity contribution in [3.63, 3.8) is 0 Å². The summed E-state index contributed by atoms with van der Waals surface area (Å²) in [6.07, 6.45) is 1.08. The smallest absolute Gasteiger partial charge is 0.226 e. The highest BCUT2D eigenvalue weighted by Crippen LogP contribution is 2.46. The van der Waals surface area contributed by atoms with E-state index in [0.29, 0.717) is 38.1 Å². The van der Waals surface area contributed by atoms with Gasteiger partial charge in [-0.05, 0) is 18.6 Å². The molecule has 4 rings (SSSR count). The van der Waals surface area contributed by atoms with Gasteiger partial charge >= 0.3 is 0 Å². The molecule has 1 aromatic rings. The molecule has 6 heteroatoms. The fourth-order valence-electron chi connectivity index (χ4n) is 4.13. The molecule has 4 nitrogen and oxygen atoms in total. The molecule has 0 unspecified atom stereocenters. The zero-order chi connectivity index (χ0) is 15.5. The lowest BCUT2D eigenvalue weighted by Gasteiger charge is -2.31. The van der Waals surface area contributed by atoms with Crippen molar-refractivity contribution in [1.29, 1.82) is 0 Å². The molecule has 0 saturated carbocycles. The highest BCUT2D eigenvalue weighted by molar-refractivity contribution is 5.81. The Morgan fingerprint density at radius 3 is 3.00 bits per heavy atom. The third kappa shape index (κ3) is 1.77. The number of ether oxygens (including phenoxy) is 1. The lowest BCUT2D eigenvalue weighted by molar-refractivity contribution is -0.136. The molecule has 3 aliphatic heterocycles. The van der Waals surface area contributed by atoms with Gasteiger partial charge in [0.2, 0.25) is 5.91 Å². The standard InChI is InChI=1S/C16H18F2N2O2/c1-10-2-3-12(17)11(15(10)18)9-19-5-4-16-13(19)8-14(21)20(16)6-7-22-16/h2-3,13H,4-9H2,1H3/t13-,16+/m1/s1. The normalized spacial score (nSPS) is 31.0. The third-order valence-electron chi connectivity index (χ3n) is 5.25. The van der Waals surface area contributed by atoms with E-state index in [1.807, 2.05) is 4.90 Å². The minimum absolute atomic E-state index is 0.0809. The molecular weight excluding hydrogens is 290 g/mol. The van der Waals surface area contributed by atoms with Crippen LogP contribution in [-0.2, 0) is 16.1 Å². The van der Waals surface area contributed by atoms with E-state index in [9.17, 15) is 13.6 Å². The van der Waals surface area contributed by atoms with E-state index in [-0.39, 0.29) is 24.1 Å². The van der Waals surface area contributed by atoms with Gasteiger partial charge < -0.3 is 9.64 Å². The summed E-state index contributed by atoms with van der Waals surface area (Å²) in [4.78, 5) is 15.9. The molecule has 22 heavy (non-hydrogen) atoms. The average Bonchev–Trinajstić information content (AvgIpc) is 3.12. The first-order chi connectivity index (χ1) is 10.5. The number of rotatable bonds is 2. The van der Waals surface area contributed by atoms with Crippen molar-refractivity contribution < 1.29 is 18.3 Å². The topological polar surface area (TPSA) is 32.8 Å². The molecular formula is C16H18F2N2O2. The first-order valence-corrected chi connectivity index (χ1v) is 7.65. The summed E-state index contributed by atoms with van der Waals surface area (Å²) >= 11 is 0. The highest BCUT2D eigenvalue weighted by Gasteiger charge is 2.61. The van der Waals surface area contributed by atoms with E-state index in [0.717, 1.165) is 0 Å². The zero-order valence-electron chi connectivity index (χ0n) is 12.4. The summed E-state index contributed by atoms with van der Waals surface area (Å²) in [5.41, 5.74) is -0.0408. The average molecular weight is 308 g/mol. The number of carbonyl (C=O) groups excluding carboxylic acids is 1. The Bertz CT molecular complexity index is 651. The number of halogens is 2. The number of amides is 1. The van der Waals surface area contributed by atoms with Crippen molar-refractivity contribution in [2.75, 3.05) is 19.7 Å². The van der Waals surface area contributed by atoms with Crippen molar-refractivity contribution in [2.24, 2.45) is 0 Å². The number of hydrogen-bond acceptors (Lipinski definition) is 3. The van der Waals surface area contributed by atoms with E-state index in [1.165, 1.54) is 12.1 Å². The Balaban J connectivity index is 1.64. The van der Waals surface area contributed by atoms with Crippen molar-refractivity contribution in [2.45, 2.75) is 38.1 Å². The number of likely N-dealkylation sites (tertiary alicyclic amines) is 1. The summed E-state index contributed by atoms with van der Waals surface area (Å²) in [6.45, 7) is 3.65. The second-order valence-corrected chi connectivity index (χ2v) is 6.34. The summed E-state index contributed by atoms with van der Waals surface area (Å²) in [7, 11) is 0. The summed E-state index contributed by atoms with van der Waals surface area (Å²) < 4.78 is 34.1. The van der Waals surface area contributed by atoms with E-state index in [2.05, 4.69) is 0 Å². The molecule has 0 aromatic heterocycles. The lowest BCUT2D eigenvalue weighted by atomic mass is 10.1. The van der Waals surface area contributed by atoms with Crippen molar-refractivity contribution in [3.05, 3.63) is 34.9 Å². The molecule has 0 bridgehead atoms. The van der Waals surface area contributed by atoms with Crippen LogP contribution in [0, 0.1) is 18.6 Å². The van der Waals surface area contributed by atoms with Crippen LogP contribution < -0.4 is 0 Å². The van der Waals surface area contributed by atoms with Gasteiger partial charge in [-0.15, -0.1) is 0 Å². The first-order valence-electron chi connectivity index (χ1n) is 7.65. The zero-order valence-corrected chi connectivity index (χ0v) is 12.4. The largest absolute Gasteiger partial charge is 0.352 e. The Kier molecular flexibility index (Phi) is 3.03. The van der Waals surface area contributed by atoms with Crippen LogP contribution in [0.4, 0.5) is 8.78 Å². The van der Waals surface area contributed by atoms with Crippen LogP contribution in [0.2, 0.25) is 0 Å². The number of benzene rings is 1. The van der Waals surface area contributed by atoms with Gasteiger partial charge in [-0.25, -0.2) is 8.78 Å². The van der Waals surface area contributed by atoms with Gasteiger partial charge in [0, 0.05) is 38.0 Å². The second-order valence-electron chi connectivity index (χ2n) is 6.34. The molecule has 3 aliphatic rings. The van der Waals surface area contributed by atoms with Gasteiger partial charge in [-0.2, -0.15) is 0 Å². The Morgan fingerprint density at radius 2 is 2.18 bits per heavy atom. The maximum Gasteiger partial charge on any atom is 0.226 e. The maximum atomic E-state index is 14.2. The van der Waals surface area contributed by atoms with Gasteiger partial charge in [-0.1, -0.05) is 6.07 Å². The van der Waals surface area contributed by atoms with Crippen LogP contribution in [0.15, 0.2) is 12.1 Å². The van der Waals surface area contributed by atoms with Crippen LogP contribution in [0.1, 0.15) is 24.0 Å². The number of hydrogen-bond donors (Lipinski definition) is 0. The minimum Gasteiger partial charge on any atom is -0.352 e. The SMILES string of the molecule is Cc1ccc(F)c(CN2CC[C@@]34OCCN3C(=O)C[C@@H]24)c1F. The number of nitrogens with zero attached hydrogens (tertiary/aromatic N) is 2. The fraction of sp³-hybridized carbons (Fsp3) is 0.562. The van der Waals surface area contributed by atoms with E-state index < -0.39 is 17.4 Å². The molecule has 0 N–H and O–H groups in total. The monoisotopic (exact) mass is 308 g/mol. The van der Waals surface area contributed by atoms with E-state index in [1.54, 1.807) is 11.8 Å².